The predicted molar refractivity (Wildman–Crippen MR) is 94.8 cm³/mol. The number of hydrogen-bond donors (Lipinski definition) is 2. The van der Waals surface area contributed by atoms with Crippen LogP contribution in [0.4, 0.5) is 5.69 Å². The van der Waals surface area contributed by atoms with Gasteiger partial charge in [0, 0.05) is 17.7 Å². The van der Waals surface area contributed by atoms with Crippen LogP contribution >= 0.6 is 0 Å². The van der Waals surface area contributed by atoms with Gasteiger partial charge in [0.15, 0.2) is 0 Å². The molecule has 0 aliphatic heterocycles. The summed E-state index contributed by atoms with van der Waals surface area (Å²) in [7, 11) is 1.28. The van der Waals surface area contributed by atoms with Crippen molar-refractivity contribution in [3.63, 3.8) is 0 Å². The second kappa shape index (κ2) is 8.63. The molecule has 6 nitrogen and oxygen atoms in total. The molecule has 2 aromatic rings. The molecule has 0 heterocycles. The maximum atomic E-state index is 12.4. The highest BCUT2D eigenvalue weighted by Crippen LogP contribution is 2.17. The number of anilines is 1. The minimum absolute atomic E-state index is 0.176. The molecule has 0 atom stereocenters. The Morgan fingerprint density at radius 1 is 0.920 bits per heavy atom. The van der Waals surface area contributed by atoms with Gasteiger partial charge >= 0.3 is 5.97 Å². The van der Waals surface area contributed by atoms with E-state index in [1.54, 1.807) is 48.5 Å². The number of methoxy groups -OCH3 is 1. The summed E-state index contributed by atoms with van der Waals surface area (Å²) >= 11 is 0. The van der Waals surface area contributed by atoms with Crippen molar-refractivity contribution in [1.29, 1.82) is 0 Å². The molecule has 0 bridgehead atoms. The Balaban J connectivity index is 2.12. The molecule has 0 saturated carbocycles. The van der Waals surface area contributed by atoms with Crippen LogP contribution in [-0.2, 0) is 4.74 Å². The number of ether oxygens (including phenoxy) is 1. The molecule has 0 radical (unpaired) electrons. The highest BCUT2D eigenvalue weighted by molar-refractivity contribution is 6.08. The molecule has 0 unspecified atom stereocenters. The van der Waals surface area contributed by atoms with Gasteiger partial charge in [-0.2, -0.15) is 0 Å². The molecule has 0 spiro atoms. The second-order valence-electron chi connectivity index (χ2n) is 5.32. The summed E-state index contributed by atoms with van der Waals surface area (Å²) in [5.41, 5.74) is 1.50. The quantitative estimate of drug-likeness (QED) is 0.792. The summed E-state index contributed by atoms with van der Waals surface area (Å²) in [5.74, 6) is -1.08. The van der Waals surface area contributed by atoms with Crippen LogP contribution in [0.2, 0.25) is 0 Å². The lowest BCUT2D eigenvalue weighted by molar-refractivity contribution is 0.0601. The molecular weight excluding hydrogens is 320 g/mol. The first-order chi connectivity index (χ1) is 12.1. The highest BCUT2D eigenvalue weighted by atomic mass is 16.5. The Labute approximate surface area is 146 Å². The zero-order chi connectivity index (χ0) is 18.2. The van der Waals surface area contributed by atoms with E-state index in [1.807, 2.05) is 6.92 Å². The fourth-order valence-electron chi connectivity index (χ4n) is 2.19. The average molecular weight is 340 g/mol. The topological polar surface area (TPSA) is 84.5 Å². The normalized spacial score (nSPS) is 10.0. The van der Waals surface area contributed by atoms with Gasteiger partial charge in [-0.3, -0.25) is 9.59 Å². The lowest BCUT2D eigenvalue weighted by Gasteiger charge is -2.10. The van der Waals surface area contributed by atoms with Crippen molar-refractivity contribution in [1.82, 2.24) is 5.32 Å². The zero-order valence-corrected chi connectivity index (χ0v) is 14.2. The molecule has 0 aliphatic rings. The van der Waals surface area contributed by atoms with Crippen LogP contribution in [-0.4, -0.2) is 31.4 Å². The van der Waals surface area contributed by atoms with Crippen LogP contribution in [0.25, 0.3) is 0 Å². The van der Waals surface area contributed by atoms with Crippen molar-refractivity contribution in [3.05, 3.63) is 65.2 Å². The van der Waals surface area contributed by atoms with Gasteiger partial charge in [0.1, 0.15) is 0 Å². The van der Waals surface area contributed by atoms with Crippen molar-refractivity contribution >= 4 is 23.5 Å². The smallest absolute Gasteiger partial charge is 0.339 e. The maximum absolute atomic E-state index is 12.4. The fraction of sp³-hybridized carbons (Fsp3) is 0.211. The highest BCUT2D eigenvalue weighted by Gasteiger charge is 2.14. The van der Waals surface area contributed by atoms with Gasteiger partial charge in [-0.15, -0.1) is 0 Å². The van der Waals surface area contributed by atoms with Gasteiger partial charge in [-0.1, -0.05) is 19.1 Å². The fourth-order valence-corrected chi connectivity index (χ4v) is 2.19. The number of rotatable bonds is 6. The van der Waals surface area contributed by atoms with Gasteiger partial charge in [0.05, 0.1) is 18.4 Å². The van der Waals surface area contributed by atoms with Crippen LogP contribution in [0.1, 0.15) is 44.4 Å². The summed E-state index contributed by atoms with van der Waals surface area (Å²) < 4.78 is 4.70. The number of carbonyl (C=O) groups excluding carboxylic acids is 3. The molecule has 6 heteroatoms. The largest absolute Gasteiger partial charge is 0.465 e. The Morgan fingerprint density at radius 3 is 2.12 bits per heavy atom. The zero-order valence-electron chi connectivity index (χ0n) is 14.2. The Morgan fingerprint density at radius 2 is 1.52 bits per heavy atom. The summed E-state index contributed by atoms with van der Waals surface area (Å²) in [5, 5.41) is 5.46. The van der Waals surface area contributed by atoms with E-state index in [0.29, 0.717) is 23.4 Å². The van der Waals surface area contributed by atoms with E-state index in [1.165, 1.54) is 7.11 Å². The van der Waals surface area contributed by atoms with Gasteiger partial charge in [-0.05, 0) is 42.8 Å². The van der Waals surface area contributed by atoms with Crippen molar-refractivity contribution in [2.24, 2.45) is 0 Å². The Kier molecular flexibility index (Phi) is 6.28. The molecule has 0 aliphatic carbocycles. The molecule has 2 rings (SSSR count). The molecule has 0 fully saturated rings. The van der Waals surface area contributed by atoms with Gasteiger partial charge in [-0.25, -0.2) is 4.79 Å². The van der Waals surface area contributed by atoms with Crippen LogP contribution in [0.3, 0.4) is 0 Å². The molecular formula is C19H20N2O4. The monoisotopic (exact) mass is 340 g/mol. The van der Waals surface area contributed by atoms with E-state index >= 15 is 0 Å². The van der Waals surface area contributed by atoms with E-state index in [0.717, 1.165) is 6.42 Å². The predicted octanol–water partition coefficient (Wildman–Crippen LogP) is 2.87. The SMILES string of the molecule is CCCNC(=O)c1ccc(C(=O)Nc2ccccc2C(=O)OC)cc1. The van der Waals surface area contributed by atoms with Crippen molar-refractivity contribution < 1.29 is 19.1 Å². The number of carbonyl (C=O) groups is 3. The number of hydrogen-bond acceptors (Lipinski definition) is 4. The maximum Gasteiger partial charge on any atom is 0.339 e. The van der Waals surface area contributed by atoms with E-state index in [2.05, 4.69) is 10.6 Å². The van der Waals surface area contributed by atoms with E-state index in [4.69, 9.17) is 4.74 Å². The third kappa shape index (κ3) is 4.67. The summed E-state index contributed by atoms with van der Waals surface area (Å²) in [6, 6.07) is 12.9. The number of para-hydroxylation sites is 1. The number of amides is 2. The van der Waals surface area contributed by atoms with Crippen LogP contribution in [0.15, 0.2) is 48.5 Å². The lowest BCUT2D eigenvalue weighted by Crippen LogP contribution is -2.24. The summed E-state index contributed by atoms with van der Waals surface area (Å²) in [6.45, 7) is 2.57. The van der Waals surface area contributed by atoms with Crippen LogP contribution in [0, 0.1) is 0 Å². The lowest BCUT2D eigenvalue weighted by atomic mass is 10.1. The van der Waals surface area contributed by atoms with Crippen LogP contribution < -0.4 is 10.6 Å². The van der Waals surface area contributed by atoms with E-state index in [9.17, 15) is 14.4 Å². The minimum atomic E-state index is -0.529. The second-order valence-corrected chi connectivity index (χ2v) is 5.32. The molecule has 130 valence electrons. The van der Waals surface area contributed by atoms with Crippen molar-refractivity contribution in [2.75, 3.05) is 19.0 Å². The van der Waals surface area contributed by atoms with Gasteiger partial charge < -0.3 is 15.4 Å². The number of nitrogens with one attached hydrogen (secondary N) is 2. The third-order valence-electron chi connectivity index (χ3n) is 3.53. The first-order valence-electron chi connectivity index (χ1n) is 7.93. The molecule has 0 saturated heterocycles. The Hall–Kier alpha value is -3.15. The summed E-state index contributed by atoms with van der Waals surface area (Å²) in [6.07, 6.45) is 0.853. The van der Waals surface area contributed by atoms with Crippen LogP contribution in [0.5, 0.6) is 0 Å². The minimum Gasteiger partial charge on any atom is -0.465 e. The number of esters is 1. The standard InChI is InChI=1S/C19H20N2O4/c1-3-12-20-17(22)13-8-10-14(11-9-13)18(23)21-16-7-5-4-6-15(16)19(24)25-2/h4-11H,3,12H2,1-2H3,(H,20,22)(H,21,23). The van der Waals surface area contributed by atoms with Gasteiger partial charge in [0.25, 0.3) is 11.8 Å². The molecule has 25 heavy (non-hydrogen) atoms. The summed E-state index contributed by atoms with van der Waals surface area (Å²) in [4.78, 5) is 36.0. The molecule has 0 aromatic heterocycles. The van der Waals surface area contributed by atoms with E-state index in [-0.39, 0.29) is 17.4 Å². The van der Waals surface area contributed by atoms with E-state index < -0.39 is 5.97 Å². The number of benzene rings is 2. The molecule has 2 N–H and O–H groups in total. The van der Waals surface area contributed by atoms with Gasteiger partial charge in [0.2, 0.25) is 0 Å². The van der Waals surface area contributed by atoms with Crippen molar-refractivity contribution in [3.8, 4) is 0 Å². The average Bonchev–Trinajstić information content (AvgIpc) is 2.66. The first-order valence-corrected chi connectivity index (χ1v) is 7.93. The third-order valence-corrected chi connectivity index (χ3v) is 3.53. The molecule has 2 amide bonds. The molecule has 2 aromatic carbocycles. The first kappa shape index (κ1) is 18.2. The van der Waals surface area contributed by atoms with Crippen molar-refractivity contribution in [2.45, 2.75) is 13.3 Å². The Bertz CT molecular complexity index is 769.